The summed E-state index contributed by atoms with van der Waals surface area (Å²) in [7, 11) is 0. The minimum atomic E-state index is -0.762. The van der Waals surface area contributed by atoms with E-state index in [4.69, 9.17) is 0 Å². The van der Waals surface area contributed by atoms with Crippen molar-refractivity contribution in [3.05, 3.63) is 29.8 Å². The van der Waals surface area contributed by atoms with Crippen LogP contribution in [0.5, 0.6) is 0 Å². The first-order valence-corrected chi connectivity index (χ1v) is 8.54. The molecule has 2 saturated carbocycles. The standard InChI is InChI=1S/C18H22N2O3/c21-17(22)15-12-7-8-13(10-12)16(15)19-18(23)20-9-3-5-11-4-1-2-6-14(11)20/h1-2,4,6,12-13,15-16H,3,5,7-10H2,(H,19,23)(H,21,22)/t12-,13+,15+,16-/m1/s1. The second kappa shape index (κ2) is 5.55. The fraction of sp³-hybridized carbons (Fsp3) is 0.556. The second-order valence-electron chi connectivity index (χ2n) is 7.06. The molecular formula is C18H22N2O3. The van der Waals surface area contributed by atoms with Gasteiger partial charge in [0.2, 0.25) is 0 Å². The van der Waals surface area contributed by atoms with E-state index in [0.717, 1.165) is 37.8 Å². The highest BCUT2D eigenvalue weighted by atomic mass is 16.4. The van der Waals surface area contributed by atoms with Crippen molar-refractivity contribution < 1.29 is 14.7 Å². The number of hydrogen-bond donors (Lipinski definition) is 2. The fourth-order valence-electron chi connectivity index (χ4n) is 4.82. The van der Waals surface area contributed by atoms with Gasteiger partial charge in [0.05, 0.1) is 5.92 Å². The Balaban J connectivity index is 1.54. The first-order valence-electron chi connectivity index (χ1n) is 8.54. The van der Waals surface area contributed by atoms with E-state index < -0.39 is 11.9 Å². The zero-order chi connectivity index (χ0) is 16.0. The Kier molecular flexibility index (Phi) is 3.51. The van der Waals surface area contributed by atoms with Crippen LogP contribution in [-0.2, 0) is 11.2 Å². The number of carbonyl (C=O) groups is 2. The van der Waals surface area contributed by atoms with Crippen molar-refractivity contribution in [2.24, 2.45) is 17.8 Å². The van der Waals surface area contributed by atoms with Gasteiger partial charge in [-0.05, 0) is 55.6 Å². The van der Waals surface area contributed by atoms with Crippen LogP contribution in [0.1, 0.15) is 31.2 Å². The Hall–Kier alpha value is -2.04. The monoisotopic (exact) mass is 314 g/mol. The molecule has 1 heterocycles. The number of amides is 2. The molecule has 5 heteroatoms. The number of urea groups is 1. The van der Waals surface area contributed by atoms with E-state index in [9.17, 15) is 14.7 Å². The molecule has 3 aliphatic rings. The molecule has 2 bridgehead atoms. The molecule has 0 saturated heterocycles. The third-order valence-electron chi connectivity index (χ3n) is 5.85. The molecule has 4 atom stereocenters. The van der Waals surface area contributed by atoms with E-state index in [1.54, 1.807) is 4.90 Å². The van der Waals surface area contributed by atoms with E-state index >= 15 is 0 Å². The highest BCUT2D eigenvalue weighted by Gasteiger charge is 2.51. The number of carboxylic acid groups (broad SMARTS) is 1. The van der Waals surface area contributed by atoms with Crippen molar-refractivity contribution in [1.29, 1.82) is 0 Å². The van der Waals surface area contributed by atoms with Crippen LogP contribution >= 0.6 is 0 Å². The molecule has 1 aromatic carbocycles. The van der Waals surface area contributed by atoms with Gasteiger partial charge in [-0.3, -0.25) is 9.69 Å². The van der Waals surface area contributed by atoms with Crippen LogP contribution in [0.15, 0.2) is 24.3 Å². The first kappa shape index (κ1) is 14.5. The number of benzene rings is 1. The third-order valence-corrected chi connectivity index (χ3v) is 5.85. The van der Waals surface area contributed by atoms with Gasteiger partial charge in [0, 0.05) is 18.3 Å². The Morgan fingerprint density at radius 2 is 1.96 bits per heavy atom. The molecule has 4 rings (SSSR count). The summed E-state index contributed by atoms with van der Waals surface area (Å²) in [6.45, 7) is 0.696. The molecule has 0 unspecified atom stereocenters. The average molecular weight is 314 g/mol. The molecule has 5 nitrogen and oxygen atoms in total. The molecule has 2 aliphatic carbocycles. The molecule has 0 aromatic heterocycles. The number of para-hydroxylation sites is 1. The smallest absolute Gasteiger partial charge is 0.322 e. The number of aliphatic carboxylic acids is 1. The maximum absolute atomic E-state index is 12.8. The summed E-state index contributed by atoms with van der Waals surface area (Å²) in [5.41, 5.74) is 2.16. The predicted molar refractivity (Wildman–Crippen MR) is 86.4 cm³/mol. The van der Waals surface area contributed by atoms with Gasteiger partial charge in [-0.25, -0.2) is 4.79 Å². The van der Waals surface area contributed by atoms with Crippen molar-refractivity contribution in [2.45, 2.75) is 38.1 Å². The molecule has 23 heavy (non-hydrogen) atoms. The molecule has 122 valence electrons. The summed E-state index contributed by atoms with van der Waals surface area (Å²) in [5, 5.41) is 12.6. The molecule has 1 aromatic rings. The van der Waals surface area contributed by atoms with Crippen LogP contribution < -0.4 is 10.2 Å². The van der Waals surface area contributed by atoms with Gasteiger partial charge in [-0.1, -0.05) is 18.2 Å². The first-order chi connectivity index (χ1) is 11.1. The lowest BCUT2D eigenvalue weighted by atomic mass is 9.84. The van der Waals surface area contributed by atoms with Crippen molar-refractivity contribution >= 4 is 17.7 Å². The zero-order valence-electron chi connectivity index (χ0n) is 13.1. The molecule has 0 radical (unpaired) electrons. The van der Waals surface area contributed by atoms with Gasteiger partial charge in [0.1, 0.15) is 0 Å². The largest absolute Gasteiger partial charge is 0.481 e. The lowest BCUT2D eigenvalue weighted by Gasteiger charge is -2.34. The van der Waals surface area contributed by atoms with Gasteiger partial charge in [-0.15, -0.1) is 0 Å². The molecule has 1 aliphatic heterocycles. The zero-order valence-corrected chi connectivity index (χ0v) is 13.1. The average Bonchev–Trinajstić information content (AvgIpc) is 3.15. The van der Waals surface area contributed by atoms with Crippen molar-refractivity contribution in [2.75, 3.05) is 11.4 Å². The van der Waals surface area contributed by atoms with Crippen molar-refractivity contribution in [3.63, 3.8) is 0 Å². The summed E-state index contributed by atoms with van der Waals surface area (Å²) in [4.78, 5) is 26.2. The quantitative estimate of drug-likeness (QED) is 0.881. The van der Waals surface area contributed by atoms with Gasteiger partial charge in [0.15, 0.2) is 0 Å². The van der Waals surface area contributed by atoms with Crippen molar-refractivity contribution in [1.82, 2.24) is 5.32 Å². The van der Waals surface area contributed by atoms with Crippen molar-refractivity contribution in [3.8, 4) is 0 Å². The summed E-state index contributed by atoms with van der Waals surface area (Å²) in [6, 6.07) is 7.63. The normalized spacial score (nSPS) is 31.7. The van der Waals surface area contributed by atoms with Crippen LogP contribution in [0.2, 0.25) is 0 Å². The molecule has 2 fully saturated rings. The predicted octanol–water partition coefficient (Wildman–Crippen LogP) is 2.65. The van der Waals surface area contributed by atoms with E-state index in [-0.39, 0.29) is 18.0 Å². The van der Waals surface area contributed by atoms with Crippen LogP contribution in [-0.4, -0.2) is 29.7 Å². The lowest BCUT2D eigenvalue weighted by Crippen LogP contribution is -2.52. The lowest BCUT2D eigenvalue weighted by molar-refractivity contribution is -0.144. The highest BCUT2D eigenvalue weighted by molar-refractivity contribution is 5.93. The van der Waals surface area contributed by atoms with E-state index in [2.05, 4.69) is 11.4 Å². The van der Waals surface area contributed by atoms with Gasteiger partial charge < -0.3 is 10.4 Å². The number of carboxylic acids is 1. The van der Waals surface area contributed by atoms with E-state index in [1.165, 1.54) is 5.56 Å². The Morgan fingerprint density at radius 3 is 2.78 bits per heavy atom. The summed E-state index contributed by atoms with van der Waals surface area (Å²) in [5.74, 6) is -0.624. The summed E-state index contributed by atoms with van der Waals surface area (Å²) >= 11 is 0. The molecule has 2 N–H and O–H groups in total. The number of nitrogens with one attached hydrogen (secondary N) is 1. The number of fused-ring (bicyclic) bond motifs is 3. The highest BCUT2D eigenvalue weighted by Crippen LogP contribution is 2.48. The number of anilines is 1. The topological polar surface area (TPSA) is 69.6 Å². The number of rotatable bonds is 2. The Morgan fingerprint density at radius 1 is 1.17 bits per heavy atom. The number of aryl methyl sites for hydroxylation is 1. The van der Waals surface area contributed by atoms with Gasteiger partial charge in [0.25, 0.3) is 0 Å². The summed E-state index contributed by atoms with van der Waals surface area (Å²) < 4.78 is 0. The molecule has 2 amide bonds. The second-order valence-corrected chi connectivity index (χ2v) is 7.06. The maximum atomic E-state index is 12.8. The molecular weight excluding hydrogens is 292 g/mol. The van der Waals surface area contributed by atoms with E-state index in [0.29, 0.717) is 12.5 Å². The minimum Gasteiger partial charge on any atom is -0.481 e. The van der Waals surface area contributed by atoms with Crippen LogP contribution in [0, 0.1) is 17.8 Å². The van der Waals surface area contributed by atoms with Gasteiger partial charge >= 0.3 is 12.0 Å². The summed E-state index contributed by atoms with van der Waals surface area (Å²) in [6.07, 6.45) is 4.91. The Labute approximate surface area is 135 Å². The third kappa shape index (κ3) is 2.38. The van der Waals surface area contributed by atoms with Gasteiger partial charge in [-0.2, -0.15) is 0 Å². The number of carbonyl (C=O) groups excluding carboxylic acids is 1. The number of nitrogens with zero attached hydrogens (tertiary/aromatic N) is 1. The maximum Gasteiger partial charge on any atom is 0.322 e. The minimum absolute atomic E-state index is 0.138. The van der Waals surface area contributed by atoms with E-state index in [1.807, 2.05) is 18.2 Å². The Bertz CT molecular complexity index is 645. The van der Waals surface area contributed by atoms with Crippen LogP contribution in [0.4, 0.5) is 10.5 Å². The fourth-order valence-corrected chi connectivity index (χ4v) is 4.82. The van der Waals surface area contributed by atoms with Crippen LogP contribution in [0.25, 0.3) is 0 Å². The SMILES string of the molecule is O=C(O)[C@H]1[C@@H]2CC[C@@H](C2)[C@H]1NC(=O)N1CCCc2ccccc21. The molecule has 0 spiro atoms. The van der Waals surface area contributed by atoms with Crippen LogP contribution in [0.3, 0.4) is 0 Å². The number of hydrogen-bond acceptors (Lipinski definition) is 2.